The predicted octanol–water partition coefficient (Wildman–Crippen LogP) is 1.59. The molecule has 0 heterocycles. The molecule has 17 heavy (non-hydrogen) atoms. The minimum atomic E-state index is -0.540. The Hall–Kier alpha value is -1.78. The standard InChI is InChI=1S/C12H18O5/c1-4-15-9-10(12(14)17-6-3)7-8-11(13)16-5-2/h7-9H,4-6H2,1-3H3/b8-7+,10-9-. The lowest BCUT2D eigenvalue weighted by atomic mass is 10.2. The largest absolute Gasteiger partial charge is 0.501 e. The third-order valence-corrected chi connectivity index (χ3v) is 1.57. The molecule has 0 fully saturated rings. The molecule has 0 unspecified atom stereocenters. The van der Waals surface area contributed by atoms with Gasteiger partial charge < -0.3 is 14.2 Å². The lowest BCUT2D eigenvalue weighted by molar-refractivity contribution is -0.138. The molecule has 5 heteroatoms. The molecule has 0 aromatic heterocycles. The predicted molar refractivity (Wildman–Crippen MR) is 62.1 cm³/mol. The maximum Gasteiger partial charge on any atom is 0.341 e. The molecule has 0 N–H and O–H groups in total. The van der Waals surface area contributed by atoms with E-state index in [9.17, 15) is 9.59 Å². The summed E-state index contributed by atoms with van der Waals surface area (Å²) < 4.78 is 14.5. The van der Waals surface area contributed by atoms with Crippen molar-refractivity contribution in [1.29, 1.82) is 0 Å². The summed E-state index contributed by atoms with van der Waals surface area (Å²) in [7, 11) is 0. The van der Waals surface area contributed by atoms with Crippen LogP contribution in [0.4, 0.5) is 0 Å². The number of esters is 2. The van der Waals surface area contributed by atoms with Gasteiger partial charge >= 0.3 is 11.9 Å². The molecule has 0 aliphatic heterocycles. The second kappa shape index (κ2) is 9.45. The summed E-state index contributed by atoms with van der Waals surface area (Å²) in [6.45, 7) is 6.16. The topological polar surface area (TPSA) is 61.8 Å². The minimum Gasteiger partial charge on any atom is -0.501 e. The van der Waals surface area contributed by atoms with E-state index in [0.717, 1.165) is 6.08 Å². The first kappa shape index (κ1) is 15.2. The van der Waals surface area contributed by atoms with Gasteiger partial charge in [0.15, 0.2) is 0 Å². The zero-order chi connectivity index (χ0) is 13.1. The van der Waals surface area contributed by atoms with E-state index in [1.165, 1.54) is 12.3 Å². The molecule has 0 atom stereocenters. The minimum absolute atomic E-state index is 0.168. The fourth-order valence-electron chi connectivity index (χ4n) is 0.891. The van der Waals surface area contributed by atoms with Gasteiger partial charge in [0, 0.05) is 6.08 Å². The van der Waals surface area contributed by atoms with Crippen molar-refractivity contribution in [2.24, 2.45) is 0 Å². The Morgan fingerprint density at radius 3 is 2.12 bits per heavy atom. The van der Waals surface area contributed by atoms with Gasteiger partial charge in [-0.15, -0.1) is 0 Å². The molecule has 0 aromatic carbocycles. The molecule has 0 bridgehead atoms. The highest BCUT2D eigenvalue weighted by molar-refractivity contribution is 5.93. The fourth-order valence-corrected chi connectivity index (χ4v) is 0.891. The Balaban J connectivity index is 4.59. The summed E-state index contributed by atoms with van der Waals surface area (Å²) in [6, 6.07) is 0. The van der Waals surface area contributed by atoms with E-state index in [-0.39, 0.29) is 18.8 Å². The Bertz CT molecular complexity index is 304. The van der Waals surface area contributed by atoms with Gasteiger partial charge in [-0.3, -0.25) is 0 Å². The van der Waals surface area contributed by atoms with E-state index in [0.29, 0.717) is 6.61 Å². The monoisotopic (exact) mass is 242 g/mol. The number of carbonyl (C=O) groups excluding carboxylic acids is 2. The van der Waals surface area contributed by atoms with E-state index >= 15 is 0 Å². The number of ether oxygens (including phenoxy) is 3. The van der Waals surface area contributed by atoms with Gasteiger partial charge in [0.2, 0.25) is 0 Å². The molecule has 0 aliphatic carbocycles. The molecule has 0 spiro atoms. The summed E-state index contributed by atoms with van der Waals surface area (Å²) in [5.41, 5.74) is 0.168. The Morgan fingerprint density at radius 1 is 0.941 bits per heavy atom. The second-order valence-corrected chi connectivity index (χ2v) is 2.83. The highest BCUT2D eigenvalue weighted by atomic mass is 16.5. The zero-order valence-corrected chi connectivity index (χ0v) is 10.4. The van der Waals surface area contributed by atoms with Crippen LogP contribution < -0.4 is 0 Å². The van der Waals surface area contributed by atoms with Gasteiger partial charge in [0.1, 0.15) is 0 Å². The van der Waals surface area contributed by atoms with E-state index in [4.69, 9.17) is 14.2 Å². The number of carbonyl (C=O) groups is 2. The Kier molecular flexibility index (Phi) is 8.46. The molecular formula is C12H18O5. The maximum atomic E-state index is 11.4. The summed E-state index contributed by atoms with van der Waals surface area (Å²) in [5.74, 6) is -1.05. The quantitative estimate of drug-likeness (QED) is 0.293. The molecule has 96 valence electrons. The van der Waals surface area contributed by atoms with E-state index in [1.807, 2.05) is 0 Å². The lowest BCUT2D eigenvalue weighted by Crippen LogP contribution is -2.07. The van der Waals surface area contributed by atoms with Crippen LogP contribution in [0.1, 0.15) is 20.8 Å². The lowest BCUT2D eigenvalue weighted by Gasteiger charge is -2.03. The van der Waals surface area contributed by atoms with Gasteiger partial charge in [0.25, 0.3) is 0 Å². The molecular weight excluding hydrogens is 224 g/mol. The zero-order valence-electron chi connectivity index (χ0n) is 10.4. The Labute approximate surface area is 101 Å². The SMILES string of the molecule is CCO/C=C(/C=C/C(=O)OCC)C(=O)OCC. The van der Waals surface area contributed by atoms with Crippen molar-refractivity contribution in [1.82, 2.24) is 0 Å². The summed E-state index contributed by atoms with van der Waals surface area (Å²) in [4.78, 5) is 22.5. The van der Waals surface area contributed by atoms with Crippen molar-refractivity contribution in [2.45, 2.75) is 20.8 Å². The van der Waals surface area contributed by atoms with Crippen molar-refractivity contribution in [2.75, 3.05) is 19.8 Å². The molecule has 0 rings (SSSR count). The second-order valence-electron chi connectivity index (χ2n) is 2.83. The molecule has 0 aliphatic rings. The molecule has 0 saturated carbocycles. The molecule has 0 aromatic rings. The maximum absolute atomic E-state index is 11.4. The first-order valence-electron chi connectivity index (χ1n) is 5.49. The average Bonchev–Trinajstić information content (AvgIpc) is 2.29. The third kappa shape index (κ3) is 7.16. The van der Waals surface area contributed by atoms with Gasteiger partial charge in [-0.25, -0.2) is 9.59 Å². The summed E-state index contributed by atoms with van der Waals surface area (Å²) in [6.07, 6.45) is 3.73. The first-order valence-corrected chi connectivity index (χ1v) is 5.49. The van der Waals surface area contributed by atoms with Crippen LogP contribution in [0, 0.1) is 0 Å². The van der Waals surface area contributed by atoms with E-state index in [1.54, 1.807) is 20.8 Å². The molecule has 5 nitrogen and oxygen atoms in total. The Morgan fingerprint density at radius 2 is 1.59 bits per heavy atom. The van der Waals surface area contributed by atoms with Crippen molar-refractivity contribution in [3.63, 3.8) is 0 Å². The van der Waals surface area contributed by atoms with E-state index < -0.39 is 11.9 Å². The van der Waals surface area contributed by atoms with Crippen LogP contribution in [-0.2, 0) is 23.8 Å². The summed E-state index contributed by atoms with van der Waals surface area (Å²) >= 11 is 0. The average molecular weight is 242 g/mol. The fraction of sp³-hybridized carbons (Fsp3) is 0.500. The molecule has 0 radical (unpaired) electrons. The smallest absolute Gasteiger partial charge is 0.341 e. The molecule has 0 saturated heterocycles. The van der Waals surface area contributed by atoms with Crippen LogP contribution in [-0.4, -0.2) is 31.8 Å². The van der Waals surface area contributed by atoms with Crippen LogP contribution in [0.3, 0.4) is 0 Å². The van der Waals surface area contributed by atoms with Crippen LogP contribution in [0.25, 0.3) is 0 Å². The van der Waals surface area contributed by atoms with Gasteiger partial charge in [0.05, 0.1) is 31.7 Å². The highest BCUT2D eigenvalue weighted by Crippen LogP contribution is 2.02. The van der Waals surface area contributed by atoms with Crippen molar-refractivity contribution >= 4 is 11.9 Å². The van der Waals surface area contributed by atoms with Gasteiger partial charge in [-0.2, -0.15) is 0 Å². The summed E-state index contributed by atoms with van der Waals surface area (Å²) in [5, 5.41) is 0. The third-order valence-electron chi connectivity index (χ3n) is 1.57. The molecule has 0 amide bonds. The van der Waals surface area contributed by atoms with Crippen LogP contribution in [0.2, 0.25) is 0 Å². The highest BCUT2D eigenvalue weighted by Gasteiger charge is 2.08. The normalized spacial score (nSPS) is 11.4. The van der Waals surface area contributed by atoms with Crippen LogP contribution in [0.15, 0.2) is 24.0 Å². The van der Waals surface area contributed by atoms with Crippen molar-refractivity contribution < 1.29 is 23.8 Å². The van der Waals surface area contributed by atoms with Gasteiger partial charge in [-0.05, 0) is 26.8 Å². The van der Waals surface area contributed by atoms with Crippen molar-refractivity contribution in [3.8, 4) is 0 Å². The van der Waals surface area contributed by atoms with E-state index in [2.05, 4.69) is 0 Å². The number of hydrogen-bond acceptors (Lipinski definition) is 5. The number of rotatable bonds is 7. The van der Waals surface area contributed by atoms with Crippen LogP contribution >= 0.6 is 0 Å². The van der Waals surface area contributed by atoms with Crippen LogP contribution in [0.5, 0.6) is 0 Å². The van der Waals surface area contributed by atoms with Gasteiger partial charge in [-0.1, -0.05) is 0 Å². The first-order chi connectivity index (χ1) is 8.15. The number of hydrogen-bond donors (Lipinski definition) is 0. The van der Waals surface area contributed by atoms with Crippen molar-refractivity contribution in [3.05, 3.63) is 24.0 Å².